The normalized spacial score (nSPS) is 21.5. The summed E-state index contributed by atoms with van der Waals surface area (Å²) in [5.74, 6) is 1.81. The Kier molecular flexibility index (Phi) is 3.50. The summed E-state index contributed by atoms with van der Waals surface area (Å²) >= 11 is 0. The maximum atomic E-state index is 11.8. The molecule has 1 aliphatic heterocycles. The molecule has 0 radical (unpaired) electrons. The molecule has 0 spiro atoms. The predicted octanol–water partition coefficient (Wildman–Crippen LogP) is 0.836. The van der Waals surface area contributed by atoms with Crippen molar-refractivity contribution in [2.75, 3.05) is 19.6 Å². The third kappa shape index (κ3) is 2.94. The average molecular weight is 264 g/mol. The van der Waals surface area contributed by atoms with Crippen molar-refractivity contribution in [3.05, 3.63) is 11.7 Å². The third-order valence-corrected chi connectivity index (χ3v) is 3.94. The van der Waals surface area contributed by atoms with Gasteiger partial charge in [-0.1, -0.05) is 18.0 Å². The molecule has 0 atom stereocenters. The van der Waals surface area contributed by atoms with Gasteiger partial charge in [0.25, 0.3) is 0 Å². The van der Waals surface area contributed by atoms with E-state index in [1.807, 2.05) is 6.92 Å². The molecular formula is C13H20N4O2. The molecule has 1 saturated heterocycles. The van der Waals surface area contributed by atoms with E-state index in [0.717, 1.165) is 25.9 Å². The van der Waals surface area contributed by atoms with Crippen molar-refractivity contribution in [1.29, 1.82) is 0 Å². The quantitative estimate of drug-likeness (QED) is 0.872. The molecule has 6 nitrogen and oxygen atoms in total. The van der Waals surface area contributed by atoms with E-state index in [1.165, 1.54) is 12.8 Å². The van der Waals surface area contributed by atoms with Gasteiger partial charge < -0.3 is 9.84 Å². The minimum absolute atomic E-state index is 0.145. The van der Waals surface area contributed by atoms with E-state index in [-0.39, 0.29) is 5.91 Å². The lowest BCUT2D eigenvalue weighted by Crippen LogP contribution is -2.50. The van der Waals surface area contributed by atoms with Crippen LogP contribution in [0, 0.1) is 6.92 Å². The second kappa shape index (κ2) is 5.28. The lowest BCUT2D eigenvalue weighted by atomic mass is 10.0. The summed E-state index contributed by atoms with van der Waals surface area (Å²) < 4.78 is 5.14. The maximum absolute atomic E-state index is 11.8. The topological polar surface area (TPSA) is 71.3 Å². The van der Waals surface area contributed by atoms with Gasteiger partial charge in [0.2, 0.25) is 11.8 Å². The van der Waals surface area contributed by atoms with Gasteiger partial charge in [0.15, 0.2) is 5.82 Å². The van der Waals surface area contributed by atoms with Crippen LogP contribution in [-0.2, 0) is 4.79 Å². The molecule has 1 aromatic rings. The van der Waals surface area contributed by atoms with E-state index in [2.05, 4.69) is 20.4 Å². The molecule has 2 aliphatic rings. The first kappa shape index (κ1) is 12.6. The molecule has 0 unspecified atom stereocenters. The summed E-state index contributed by atoms with van der Waals surface area (Å²) in [6.45, 7) is 3.97. The van der Waals surface area contributed by atoms with Crippen molar-refractivity contribution in [3.8, 4) is 0 Å². The zero-order valence-electron chi connectivity index (χ0n) is 11.3. The molecule has 1 amide bonds. The molecule has 6 heteroatoms. The van der Waals surface area contributed by atoms with Crippen LogP contribution in [0.15, 0.2) is 4.52 Å². The largest absolute Gasteiger partial charge is 0.352 e. The number of carbonyl (C=O) groups excluding carboxylic acids is 1. The summed E-state index contributed by atoms with van der Waals surface area (Å²) in [6.07, 6.45) is 4.76. The maximum Gasteiger partial charge on any atom is 0.234 e. The number of hydrogen-bond donors (Lipinski definition) is 1. The molecule has 19 heavy (non-hydrogen) atoms. The van der Waals surface area contributed by atoms with Crippen molar-refractivity contribution >= 4 is 5.91 Å². The summed E-state index contributed by atoms with van der Waals surface area (Å²) in [6, 6.07) is 0.406. The van der Waals surface area contributed by atoms with Gasteiger partial charge in [-0.15, -0.1) is 0 Å². The zero-order valence-corrected chi connectivity index (χ0v) is 11.3. The van der Waals surface area contributed by atoms with Gasteiger partial charge in [-0.3, -0.25) is 9.69 Å². The predicted molar refractivity (Wildman–Crippen MR) is 68.6 cm³/mol. The minimum atomic E-state index is 0.145. The number of carbonyl (C=O) groups is 1. The van der Waals surface area contributed by atoms with Crippen LogP contribution in [-0.4, -0.2) is 46.6 Å². The number of likely N-dealkylation sites (tertiary alicyclic amines) is 1. The van der Waals surface area contributed by atoms with E-state index < -0.39 is 0 Å². The van der Waals surface area contributed by atoms with Crippen LogP contribution in [0.1, 0.15) is 43.3 Å². The van der Waals surface area contributed by atoms with E-state index in [9.17, 15) is 4.79 Å². The van der Waals surface area contributed by atoms with Gasteiger partial charge in [-0.2, -0.15) is 4.98 Å². The summed E-state index contributed by atoms with van der Waals surface area (Å²) in [4.78, 5) is 18.2. The minimum Gasteiger partial charge on any atom is -0.352 e. The molecule has 2 fully saturated rings. The van der Waals surface area contributed by atoms with Gasteiger partial charge in [-0.25, -0.2) is 0 Å². The molecule has 1 saturated carbocycles. The number of nitrogens with zero attached hydrogens (tertiary/aromatic N) is 3. The highest BCUT2D eigenvalue weighted by Crippen LogP contribution is 2.25. The Morgan fingerprint density at radius 3 is 2.79 bits per heavy atom. The summed E-state index contributed by atoms with van der Waals surface area (Å²) in [7, 11) is 0. The Morgan fingerprint density at radius 2 is 2.16 bits per heavy atom. The van der Waals surface area contributed by atoms with Gasteiger partial charge in [0.1, 0.15) is 0 Å². The standard InChI is InChI=1S/C13H20N4O2/c1-9-14-13(19-16-9)10-6-17(7-10)8-12(18)15-11-4-2-3-5-11/h10-11H,2-8H2,1H3,(H,15,18). The number of rotatable bonds is 4. The van der Waals surface area contributed by atoms with Gasteiger partial charge in [0, 0.05) is 19.1 Å². The summed E-state index contributed by atoms with van der Waals surface area (Å²) in [5, 5.41) is 6.89. The van der Waals surface area contributed by atoms with Gasteiger partial charge >= 0.3 is 0 Å². The molecule has 3 rings (SSSR count). The van der Waals surface area contributed by atoms with Crippen LogP contribution in [0.4, 0.5) is 0 Å². The van der Waals surface area contributed by atoms with Crippen LogP contribution in [0.2, 0.25) is 0 Å². The SMILES string of the molecule is Cc1noc(C2CN(CC(=O)NC3CCCC3)C2)n1. The van der Waals surface area contributed by atoms with E-state index in [0.29, 0.717) is 30.2 Å². The zero-order chi connectivity index (χ0) is 13.2. The second-order valence-corrected chi connectivity index (χ2v) is 5.62. The fourth-order valence-corrected chi connectivity index (χ4v) is 2.88. The Labute approximate surface area is 112 Å². The van der Waals surface area contributed by atoms with Crippen LogP contribution in [0.25, 0.3) is 0 Å². The third-order valence-electron chi connectivity index (χ3n) is 3.94. The Bertz CT molecular complexity index is 447. The van der Waals surface area contributed by atoms with Crippen molar-refractivity contribution in [3.63, 3.8) is 0 Å². The molecule has 0 bridgehead atoms. The fourth-order valence-electron chi connectivity index (χ4n) is 2.88. The Balaban J connectivity index is 1.40. The highest BCUT2D eigenvalue weighted by atomic mass is 16.5. The van der Waals surface area contributed by atoms with Gasteiger partial charge in [-0.05, 0) is 19.8 Å². The fraction of sp³-hybridized carbons (Fsp3) is 0.769. The van der Waals surface area contributed by atoms with Crippen molar-refractivity contribution in [1.82, 2.24) is 20.4 Å². The number of aromatic nitrogens is 2. The first-order valence-corrected chi connectivity index (χ1v) is 7.02. The highest BCUT2D eigenvalue weighted by Gasteiger charge is 2.33. The van der Waals surface area contributed by atoms with Gasteiger partial charge in [0.05, 0.1) is 12.5 Å². The molecular weight excluding hydrogens is 244 g/mol. The highest BCUT2D eigenvalue weighted by molar-refractivity contribution is 5.78. The van der Waals surface area contributed by atoms with Crippen molar-refractivity contribution in [2.24, 2.45) is 0 Å². The van der Waals surface area contributed by atoms with Crippen LogP contribution < -0.4 is 5.32 Å². The number of amides is 1. The molecule has 0 aromatic carbocycles. The first-order chi connectivity index (χ1) is 9.20. The van der Waals surface area contributed by atoms with Crippen LogP contribution in [0.3, 0.4) is 0 Å². The van der Waals surface area contributed by atoms with Crippen molar-refractivity contribution < 1.29 is 9.32 Å². The monoisotopic (exact) mass is 264 g/mol. The molecule has 2 heterocycles. The number of nitrogens with one attached hydrogen (secondary N) is 1. The smallest absolute Gasteiger partial charge is 0.234 e. The lowest BCUT2D eigenvalue weighted by Gasteiger charge is -2.36. The molecule has 104 valence electrons. The van der Waals surface area contributed by atoms with E-state index in [1.54, 1.807) is 0 Å². The second-order valence-electron chi connectivity index (χ2n) is 5.62. The number of aryl methyl sites for hydroxylation is 1. The number of hydrogen-bond acceptors (Lipinski definition) is 5. The molecule has 1 aromatic heterocycles. The van der Waals surface area contributed by atoms with Crippen molar-refractivity contribution in [2.45, 2.75) is 44.6 Å². The first-order valence-electron chi connectivity index (χ1n) is 7.02. The Morgan fingerprint density at radius 1 is 1.42 bits per heavy atom. The average Bonchev–Trinajstić information content (AvgIpc) is 2.94. The van der Waals surface area contributed by atoms with E-state index in [4.69, 9.17) is 4.52 Å². The lowest BCUT2D eigenvalue weighted by molar-refractivity contribution is -0.124. The van der Waals surface area contributed by atoms with Crippen LogP contribution in [0.5, 0.6) is 0 Å². The summed E-state index contributed by atoms with van der Waals surface area (Å²) in [5.41, 5.74) is 0. The Hall–Kier alpha value is -1.43. The molecule has 1 aliphatic carbocycles. The molecule has 1 N–H and O–H groups in total. The van der Waals surface area contributed by atoms with E-state index >= 15 is 0 Å². The van der Waals surface area contributed by atoms with Crippen LogP contribution >= 0.6 is 0 Å².